The molecule has 0 amide bonds. The molecule has 0 fully saturated rings. The van der Waals surface area contributed by atoms with Crippen molar-refractivity contribution in [1.29, 1.82) is 0 Å². The van der Waals surface area contributed by atoms with Crippen molar-refractivity contribution in [3.63, 3.8) is 0 Å². The standard InChI is InChI=1S/C34H30I2/c1-33(2,3)19-7-9-25-23-13-11-22-21(27(23)17-31(35)29(25)15-19)12-14-24-26-10-8-20(34(4,5)6)16-30(26)32(36)18-28(22)24/h7-18H,1-6H3. The first kappa shape index (κ1) is 24.4. The lowest BCUT2D eigenvalue weighted by Crippen LogP contribution is -2.10. The Kier molecular flexibility index (Phi) is 5.62. The van der Waals surface area contributed by atoms with Gasteiger partial charge in [-0.05, 0) is 145 Å². The normalized spacial score (nSPS) is 13.0. The summed E-state index contributed by atoms with van der Waals surface area (Å²) in [4.78, 5) is 0. The van der Waals surface area contributed by atoms with Crippen molar-refractivity contribution in [2.75, 3.05) is 0 Å². The van der Waals surface area contributed by atoms with Crippen LogP contribution in [0, 0.1) is 7.14 Å². The van der Waals surface area contributed by atoms with Crippen LogP contribution < -0.4 is 0 Å². The first-order valence-corrected chi connectivity index (χ1v) is 14.7. The fourth-order valence-corrected chi connectivity index (χ4v) is 7.04. The highest BCUT2D eigenvalue weighted by Gasteiger charge is 2.18. The summed E-state index contributed by atoms with van der Waals surface area (Å²) >= 11 is 5.05. The first-order chi connectivity index (χ1) is 16.9. The monoisotopic (exact) mass is 692 g/mol. The summed E-state index contributed by atoms with van der Waals surface area (Å²) in [6, 6.07) is 28.2. The third kappa shape index (κ3) is 3.82. The van der Waals surface area contributed by atoms with Gasteiger partial charge >= 0.3 is 0 Å². The van der Waals surface area contributed by atoms with E-state index in [1.54, 1.807) is 0 Å². The Labute approximate surface area is 240 Å². The van der Waals surface area contributed by atoms with Crippen LogP contribution in [0.25, 0.3) is 53.9 Å². The van der Waals surface area contributed by atoms with Crippen LogP contribution in [0.5, 0.6) is 0 Å². The highest BCUT2D eigenvalue weighted by Crippen LogP contribution is 2.41. The van der Waals surface area contributed by atoms with Crippen molar-refractivity contribution in [2.24, 2.45) is 0 Å². The molecule has 0 aliphatic heterocycles. The van der Waals surface area contributed by atoms with Gasteiger partial charge in [0.25, 0.3) is 0 Å². The van der Waals surface area contributed by atoms with Crippen LogP contribution in [0.2, 0.25) is 0 Å². The number of halogens is 2. The van der Waals surface area contributed by atoms with Gasteiger partial charge in [-0.25, -0.2) is 0 Å². The maximum atomic E-state index is 2.53. The zero-order valence-electron chi connectivity index (χ0n) is 21.7. The maximum Gasteiger partial charge on any atom is 0.0215 e. The number of hydrogen-bond acceptors (Lipinski definition) is 0. The predicted octanol–water partition coefficient (Wildman–Crippen LogP) is 11.3. The fraction of sp³-hybridized carbons (Fsp3) is 0.235. The number of benzene rings is 6. The van der Waals surface area contributed by atoms with Crippen LogP contribution in [0.15, 0.2) is 72.8 Å². The molecule has 0 atom stereocenters. The summed E-state index contributed by atoms with van der Waals surface area (Å²) in [6.45, 7) is 13.7. The topological polar surface area (TPSA) is 0 Å². The van der Waals surface area contributed by atoms with Crippen LogP contribution in [0.3, 0.4) is 0 Å². The van der Waals surface area contributed by atoms with E-state index < -0.39 is 0 Å². The smallest absolute Gasteiger partial charge is 0.0215 e. The second-order valence-electron chi connectivity index (χ2n) is 12.2. The molecule has 0 bridgehead atoms. The molecule has 0 saturated heterocycles. The van der Waals surface area contributed by atoms with Crippen LogP contribution in [-0.4, -0.2) is 0 Å². The minimum Gasteiger partial charge on any atom is -0.0578 e. The average Bonchev–Trinajstić information content (AvgIpc) is 2.82. The average molecular weight is 692 g/mol. The van der Waals surface area contributed by atoms with E-state index in [2.05, 4.69) is 160 Å². The van der Waals surface area contributed by atoms with Gasteiger partial charge in [0.2, 0.25) is 0 Å². The molecule has 6 aromatic carbocycles. The van der Waals surface area contributed by atoms with Crippen LogP contribution in [0.4, 0.5) is 0 Å². The summed E-state index contributed by atoms with van der Waals surface area (Å²) in [7, 11) is 0. The molecule has 0 aliphatic carbocycles. The van der Waals surface area contributed by atoms with Crippen molar-refractivity contribution < 1.29 is 0 Å². The molecule has 0 radical (unpaired) electrons. The van der Waals surface area contributed by atoms with Crippen molar-refractivity contribution in [3.05, 3.63) is 91.1 Å². The van der Waals surface area contributed by atoms with Crippen LogP contribution >= 0.6 is 45.2 Å². The van der Waals surface area contributed by atoms with Gasteiger partial charge in [-0.15, -0.1) is 0 Å². The van der Waals surface area contributed by atoms with E-state index >= 15 is 0 Å². The maximum absolute atomic E-state index is 2.53. The third-order valence-corrected chi connectivity index (χ3v) is 9.48. The first-order valence-electron chi connectivity index (χ1n) is 12.6. The van der Waals surface area contributed by atoms with Gasteiger partial charge in [-0.3, -0.25) is 0 Å². The van der Waals surface area contributed by atoms with E-state index in [1.165, 1.54) is 72.1 Å². The molecule has 0 N–H and O–H groups in total. The Morgan fingerprint density at radius 3 is 0.944 bits per heavy atom. The van der Waals surface area contributed by atoms with Crippen LogP contribution in [0.1, 0.15) is 52.7 Å². The van der Waals surface area contributed by atoms with Gasteiger partial charge in [0, 0.05) is 7.14 Å². The Balaban J connectivity index is 1.67. The molecule has 6 aromatic rings. The van der Waals surface area contributed by atoms with Gasteiger partial charge < -0.3 is 0 Å². The van der Waals surface area contributed by atoms with E-state index in [4.69, 9.17) is 0 Å². The number of hydrogen-bond donors (Lipinski definition) is 0. The summed E-state index contributed by atoms with van der Waals surface area (Å²) < 4.78 is 2.63. The molecule has 0 unspecified atom stereocenters. The minimum absolute atomic E-state index is 0.141. The lowest BCUT2D eigenvalue weighted by atomic mass is 9.84. The molecule has 2 heteroatoms. The van der Waals surface area contributed by atoms with Crippen molar-refractivity contribution in [2.45, 2.75) is 52.4 Å². The largest absolute Gasteiger partial charge is 0.0578 e. The second-order valence-corrected chi connectivity index (χ2v) is 14.5. The van der Waals surface area contributed by atoms with Crippen molar-refractivity contribution >= 4 is 99.0 Å². The van der Waals surface area contributed by atoms with Gasteiger partial charge in [0.15, 0.2) is 0 Å². The summed E-state index contributed by atoms with van der Waals surface area (Å²) in [5.41, 5.74) is 3.05. The predicted molar refractivity (Wildman–Crippen MR) is 177 cm³/mol. The lowest BCUT2D eigenvalue weighted by molar-refractivity contribution is 0.591. The molecule has 0 aromatic heterocycles. The lowest BCUT2D eigenvalue weighted by Gasteiger charge is -2.21. The molecule has 0 saturated carbocycles. The summed E-state index contributed by atoms with van der Waals surface area (Å²) in [5, 5.41) is 13.4. The molecule has 6 rings (SSSR count). The number of fused-ring (bicyclic) bond motifs is 9. The van der Waals surface area contributed by atoms with E-state index in [1.807, 2.05) is 0 Å². The molecule has 180 valence electrons. The molecule has 36 heavy (non-hydrogen) atoms. The Bertz CT molecular complexity index is 1720. The Hall–Kier alpha value is -1.92. The van der Waals surface area contributed by atoms with Crippen molar-refractivity contribution in [1.82, 2.24) is 0 Å². The van der Waals surface area contributed by atoms with Crippen LogP contribution in [-0.2, 0) is 10.8 Å². The molecule has 0 aliphatic rings. The Morgan fingerprint density at radius 1 is 0.361 bits per heavy atom. The molecule has 0 spiro atoms. The SMILES string of the molecule is CC(C)(C)c1ccc2c(c1)c(I)cc1c2ccc2c3cc(I)c4cc(C(C)(C)C)ccc4c3ccc12. The minimum atomic E-state index is 0.141. The van der Waals surface area contributed by atoms with E-state index in [0.29, 0.717) is 0 Å². The number of rotatable bonds is 0. The Morgan fingerprint density at radius 2 is 0.639 bits per heavy atom. The summed E-state index contributed by atoms with van der Waals surface area (Å²) in [6.07, 6.45) is 0. The third-order valence-electron chi connectivity index (χ3n) is 7.69. The van der Waals surface area contributed by atoms with Gasteiger partial charge in [-0.1, -0.05) is 90.1 Å². The van der Waals surface area contributed by atoms with E-state index in [0.717, 1.165) is 0 Å². The quantitative estimate of drug-likeness (QED) is 0.110. The highest BCUT2D eigenvalue weighted by atomic mass is 127. The van der Waals surface area contributed by atoms with E-state index in [9.17, 15) is 0 Å². The van der Waals surface area contributed by atoms with Gasteiger partial charge in [0.05, 0.1) is 0 Å². The zero-order chi connectivity index (χ0) is 25.6. The van der Waals surface area contributed by atoms with E-state index in [-0.39, 0.29) is 10.8 Å². The summed E-state index contributed by atoms with van der Waals surface area (Å²) in [5.74, 6) is 0. The molecule has 0 heterocycles. The molecule has 0 nitrogen and oxygen atoms in total. The molecular weight excluding hydrogens is 662 g/mol. The highest BCUT2D eigenvalue weighted by molar-refractivity contribution is 14.1. The van der Waals surface area contributed by atoms with Crippen molar-refractivity contribution in [3.8, 4) is 0 Å². The molecular formula is C34H30I2. The zero-order valence-corrected chi connectivity index (χ0v) is 26.0. The van der Waals surface area contributed by atoms with Gasteiger partial charge in [0.1, 0.15) is 0 Å². The fourth-order valence-electron chi connectivity index (χ4n) is 5.53. The van der Waals surface area contributed by atoms with Gasteiger partial charge in [-0.2, -0.15) is 0 Å². The second kappa shape index (κ2) is 8.29.